The van der Waals surface area contributed by atoms with E-state index in [1.807, 2.05) is 6.07 Å². The van der Waals surface area contributed by atoms with Gasteiger partial charge in [-0.1, -0.05) is 18.2 Å². The van der Waals surface area contributed by atoms with E-state index in [0.717, 1.165) is 0 Å². The SMILES string of the molecule is COc1cccc(NC(=O)CSc2ccccc2C(=O)Nc2ccc3c(c2)NC(=O)[C@@H](C)O3)c1. The van der Waals surface area contributed by atoms with Crippen LogP contribution in [0.5, 0.6) is 11.5 Å². The van der Waals surface area contributed by atoms with Gasteiger partial charge < -0.3 is 25.4 Å². The van der Waals surface area contributed by atoms with Gasteiger partial charge in [-0.3, -0.25) is 14.4 Å². The van der Waals surface area contributed by atoms with Crippen LogP contribution in [0.3, 0.4) is 0 Å². The summed E-state index contributed by atoms with van der Waals surface area (Å²) in [5.41, 5.74) is 2.08. The van der Waals surface area contributed by atoms with Crippen molar-refractivity contribution in [3.05, 3.63) is 72.3 Å². The molecular weight excluding hydrogens is 454 g/mol. The van der Waals surface area contributed by atoms with Crippen molar-refractivity contribution in [2.24, 2.45) is 0 Å². The average Bonchev–Trinajstić information content (AvgIpc) is 2.84. The number of amides is 3. The molecule has 1 heterocycles. The van der Waals surface area contributed by atoms with Crippen molar-refractivity contribution in [2.75, 3.05) is 28.8 Å². The molecule has 1 aliphatic heterocycles. The summed E-state index contributed by atoms with van der Waals surface area (Å²) in [6, 6.07) is 19.2. The molecule has 8 nitrogen and oxygen atoms in total. The molecule has 0 radical (unpaired) electrons. The van der Waals surface area contributed by atoms with E-state index in [1.165, 1.54) is 11.8 Å². The third-order valence-corrected chi connectivity index (χ3v) is 6.09. The van der Waals surface area contributed by atoms with Gasteiger partial charge in [-0.05, 0) is 49.4 Å². The van der Waals surface area contributed by atoms with Crippen LogP contribution in [0.25, 0.3) is 0 Å². The monoisotopic (exact) mass is 477 g/mol. The molecule has 0 unspecified atom stereocenters. The number of methoxy groups -OCH3 is 1. The molecule has 3 amide bonds. The van der Waals surface area contributed by atoms with E-state index in [2.05, 4.69) is 16.0 Å². The highest BCUT2D eigenvalue weighted by Crippen LogP contribution is 2.32. The van der Waals surface area contributed by atoms with E-state index >= 15 is 0 Å². The molecule has 0 fully saturated rings. The van der Waals surface area contributed by atoms with Gasteiger partial charge >= 0.3 is 0 Å². The molecule has 4 rings (SSSR count). The fraction of sp³-hybridized carbons (Fsp3) is 0.160. The second kappa shape index (κ2) is 10.3. The number of benzene rings is 3. The first kappa shape index (κ1) is 23.2. The van der Waals surface area contributed by atoms with Crippen LogP contribution in [0.1, 0.15) is 17.3 Å². The zero-order valence-electron chi connectivity index (χ0n) is 18.6. The highest BCUT2D eigenvalue weighted by Gasteiger charge is 2.24. The van der Waals surface area contributed by atoms with Gasteiger partial charge in [0.05, 0.1) is 24.1 Å². The lowest BCUT2D eigenvalue weighted by Gasteiger charge is -2.23. The Morgan fingerprint density at radius 2 is 1.82 bits per heavy atom. The van der Waals surface area contributed by atoms with Gasteiger partial charge in [0.15, 0.2) is 6.10 Å². The summed E-state index contributed by atoms with van der Waals surface area (Å²) in [6.45, 7) is 1.67. The number of nitrogens with one attached hydrogen (secondary N) is 3. The van der Waals surface area contributed by atoms with E-state index in [4.69, 9.17) is 9.47 Å². The smallest absolute Gasteiger partial charge is 0.265 e. The van der Waals surface area contributed by atoms with Crippen LogP contribution in [0, 0.1) is 0 Å². The molecule has 0 aliphatic carbocycles. The van der Waals surface area contributed by atoms with Gasteiger partial charge in [0.2, 0.25) is 5.91 Å². The summed E-state index contributed by atoms with van der Waals surface area (Å²) in [5, 5.41) is 8.43. The first-order valence-corrected chi connectivity index (χ1v) is 11.5. The van der Waals surface area contributed by atoms with E-state index < -0.39 is 6.10 Å². The standard InChI is InChI=1S/C25H23N3O5S/c1-15-24(30)28-20-13-17(10-11-21(20)33-15)27-25(31)19-8-3-4-9-22(19)34-14-23(29)26-16-6-5-7-18(12-16)32-2/h3-13,15H,14H2,1-2H3,(H,26,29)(H,27,31)(H,28,30)/t15-/m1/s1. The van der Waals surface area contributed by atoms with Gasteiger partial charge in [0, 0.05) is 22.3 Å². The summed E-state index contributed by atoms with van der Waals surface area (Å²) in [7, 11) is 1.56. The molecule has 3 N–H and O–H groups in total. The fourth-order valence-electron chi connectivity index (χ4n) is 3.31. The Morgan fingerprint density at radius 1 is 1.03 bits per heavy atom. The van der Waals surface area contributed by atoms with Crippen molar-refractivity contribution in [2.45, 2.75) is 17.9 Å². The minimum Gasteiger partial charge on any atom is -0.497 e. The molecule has 1 aliphatic rings. The zero-order valence-corrected chi connectivity index (χ0v) is 19.4. The molecule has 34 heavy (non-hydrogen) atoms. The summed E-state index contributed by atoms with van der Waals surface area (Å²) in [5.74, 6) is 0.547. The van der Waals surface area contributed by atoms with Gasteiger partial charge in [-0.2, -0.15) is 0 Å². The van der Waals surface area contributed by atoms with Crippen molar-refractivity contribution in [3.63, 3.8) is 0 Å². The molecule has 1 atom stereocenters. The first-order chi connectivity index (χ1) is 16.4. The lowest BCUT2D eigenvalue weighted by molar-refractivity contribution is -0.122. The molecule has 3 aromatic rings. The Balaban J connectivity index is 1.41. The third kappa shape index (κ3) is 5.49. The predicted molar refractivity (Wildman–Crippen MR) is 132 cm³/mol. The van der Waals surface area contributed by atoms with Crippen LogP contribution < -0.4 is 25.4 Å². The van der Waals surface area contributed by atoms with Crippen LogP contribution in [-0.2, 0) is 9.59 Å². The summed E-state index contributed by atoms with van der Waals surface area (Å²) in [6.07, 6.45) is -0.571. The number of thioether (sulfide) groups is 1. The minimum absolute atomic E-state index is 0.127. The van der Waals surface area contributed by atoms with Crippen molar-refractivity contribution in [3.8, 4) is 11.5 Å². The lowest BCUT2D eigenvalue weighted by Crippen LogP contribution is -2.34. The van der Waals surface area contributed by atoms with E-state index in [9.17, 15) is 14.4 Å². The summed E-state index contributed by atoms with van der Waals surface area (Å²) < 4.78 is 10.7. The van der Waals surface area contributed by atoms with Crippen molar-refractivity contribution < 1.29 is 23.9 Å². The summed E-state index contributed by atoms with van der Waals surface area (Å²) >= 11 is 1.27. The van der Waals surface area contributed by atoms with Crippen molar-refractivity contribution in [1.29, 1.82) is 0 Å². The number of anilines is 3. The topological polar surface area (TPSA) is 106 Å². The maximum Gasteiger partial charge on any atom is 0.265 e. The quantitative estimate of drug-likeness (QED) is 0.436. The highest BCUT2D eigenvalue weighted by molar-refractivity contribution is 8.00. The first-order valence-electron chi connectivity index (χ1n) is 10.5. The molecule has 3 aromatic carbocycles. The Bertz CT molecular complexity index is 1250. The number of hydrogen-bond donors (Lipinski definition) is 3. The van der Waals surface area contributed by atoms with Crippen LogP contribution in [-0.4, -0.2) is 36.7 Å². The van der Waals surface area contributed by atoms with Crippen LogP contribution in [0.4, 0.5) is 17.1 Å². The number of carbonyl (C=O) groups excluding carboxylic acids is 3. The van der Waals surface area contributed by atoms with Gasteiger partial charge in [-0.15, -0.1) is 11.8 Å². The number of carbonyl (C=O) groups is 3. The fourth-order valence-corrected chi connectivity index (χ4v) is 4.16. The summed E-state index contributed by atoms with van der Waals surface area (Å²) in [4.78, 5) is 37.9. The van der Waals surface area contributed by atoms with Crippen LogP contribution >= 0.6 is 11.8 Å². The van der Waals surface area contributed by atoms with Crippen LogP contribution in [0.2, 0.25) is 0 Å². The maximum atomic E-state index is 13.0. The number of fused-ring (bicyclic) bond motifs is 1. The molecule has 0 saturated carbocycles. The maximum absolute atomic E-state index is 13.0. The van der Waals surface area contributed by atoms with Gasteiger partial charge in [0.25, 0.3) is 11.8 Å². The van der Waals surface area contributed by atoms with Crippen LogP contribution in [0.15, 0.2) is 71.6 Å². The molecule has 0 spiro atoms. The predicted octanol–water partition coefficient (Wildman–Crippen LogP) is 4.40. The Morgan fingerprint density at radius 3 is 2.65 bits per heavy atom. The third-order valence-electron chi connectivity index (χ3n) is 5.01. The number of hydrogen-bond acceptors (Lipinski definition) is 6. The average molecular weight is 478 g/mol. The molecule has 0 bridgehead atoms. The molecule has 9 heteroatoms. The Hall–Kier alpha value is -3.98. The minimum atomic E-state index is -0.571. The normalized spacial score (nSPS) is 14.3. The second-order valence-corrected chi connectivity index (χ2v) is 8.50. The lowest BCUT2D eigenvalue weighted by atomic mass is 10.2. The largest absolute Gasteiger partial charge is 0.497 e. The second-order valence-electron chi connectivity index (χ2n) is 7.48. The Labute approximate surface area is 201 Å². The molecular formula is C25H23N3O5S. The molecule has 174 valence electrons. The van der Waals surface area contributed by atoms with Gasteiger partial charge in [-0.25, -0.2) is 0 Å². The van der Waals surface area contributed by atoms with Crippen molar-refractivity contribution in [1.82, 2.24) is 0 Å². The highest BCUT2D eigenvalue weighted by atomic mass is 32.2. The molecule has 0 aromatic heterocycles. The number of ether oxygens (including phenoxy) is 2. The zero-order chi connectivity index (χ0) is 24.1. The van der Waals surface area contributed by atoms with Crippen molar-refractivity contribution >= 4 is 46.5 Å². The van der Waals surface area contributed by atoms with E-state index in [0.29, 0.717) is 39.0 Å². The molecule has 0 saturated heterocycles. The number of rotatable bonds is 7. The Kier molecular flexibility index (Phi) is 7.03. The van der Waals surface area contributed by atoms with Gasteiger partial charge in [0.1, 0.15) is 11.5 Å². The van der Waals surface area contributed by atoms with E-state index in [-0.39, 0.29) is 23.5 Å². The van der Waals surface area contributed by atoms with E-state index in [1.54, 1.807) is 74.7 Å².